The molecular weight excluding hydrogens is 350 g/mol. The average molecular weight is 368 g/mol. The summed E-state index contributed by atoms with van der Waals surface area (Å²) in [6.07, 6.45) is 2.54. The first-order valence-electron chi connectivity index (χ1n) is 8.52. The van der Waals surface area contributed by atoms with E-state index in [0.29, 0.717) is 12.4 Å². The number of hydrogen-bond acceptors (Lipinski definition) is 2. The van der Waals surface area contributed by atoms with Crippen LogP contribution in [0.15, 0.2) is 54.7 Å². The molecule has 1 amide bonds. The lowest BCUT2D eigenvalue weighted by atomic mass is 10.0. The average Bonchev–Trinajstić information content (AvgIpc) is 3.32. The van der Waals surface area contributed by atoms with Crippen molar-refractivity contribution in [3.05, 3.63) is 65.6 Å². The predicted octanol–water partition coefficient (Wildman–Crippen LogP) is 5.21. The summed E-state index contributed by atoms with van der Waals surface area (Å²) < 4.78 is 0. The molecule has 1 saturated heterocycles. The van der Waals surface area contributed by atoms with Gasteiger partial charge in [-0.2, -0.15) is 0 Å². The van der Waals surface area contributed by atoms with E-state index in [9.17, 15) is 9.90 Å². The zero-order valence-corrected chi connectivity index (χ0v) is 14.8. The summed E-state index contributed by atoms with van der Waals surface area (Å²) in [6, 6.07) is 15.7. The maximum atomic E-state index is 11.3. The molecule has 1 aromatic heterocycles. The summed E-state index contributed by atoms with van der Waals surface area (Å²) in [6.45, 7) is 0.561. The maximum absolute atomic E-state index is 11.3. The summed E-state index contributed by atoms with van der Waals surface area (Å²) in [5.41, 5.74) is 4.12. The Balaban J connectivity index is 1.56. The van der Waals surface area contributed by atoms with E-state index < -0.39 is 6.09 Å². The van der Waals surface area contributed by atoms with Crippen molar-refractivity contribution in [1.29, 1.82) is 0 Å². The number of imidazole rings is 1. The molecule has 4 rings (SSSR count). The number of nitrogens with zero attached hydrogens (tertiary/aromatic N) is 2. The van der Waals surface area contributed by atoms with Crippen LogP contribution in [0.1, 0.15) is 24.7 Å². The first-order valence-corrected chi connectivity index (χ1v) is 8.90. The van der Waals surface area contributed by atoms with Crippen LogP contribution in [-0.4, -0.2) is 32.6 Å². The minimum absolute atomic E-state index is 0.186. The lowest BCUT2D eigenvalue weighted by molar-refractivity contribution is 0.139. The first kappa shape index (κ1) is 16.7. The second-order valence-electron chi connectivity index (χ2n) is 6.40. The van der Waals surface area contributed by atoms with Crippen molar-refractivity contribution in [3.63, 3.8) is 0 Å². The molecule has 3 aromatic rings. The lowest BCUT2D eigenvalue weighted by Gasteiger charge is -2.19. The van der Waals surface area contributed by atoms with Crippen molar-refractivity contribution in [2.45, 2.75) is 18.9 Å². The van der Waals surface area contributed by atoms with Gasteiger partial charge in [0.1, 0.15) is 5.82 Å². The van der Waals surface area contributed by atoms with Crippen LogP contribution in [0.2, 0.25) is 5.02 Å². The molecule has 2 heterocycles. The maximum Gasteiger partial charge on any atom is 0.407 e. The molecule has 2 N–H and O–H groups in total. The highest BCUT2D eigenvalue weighted by atomic mass is 35.5. The first-order chi connectivity index (χ1) is 12.6. The minimum Gasteiger partial charge on any atom is -0.465 e. The quantitative estimate of drug-likeness (QED) is 0.667. The van der Waals surface area contributed by atoms with E-state index in [4.69, 9.17) is 11.6 Å². The van der Waals surface area contributed by atoms with E-state index in [0.717, 1.165) is 40.2 Å². The van der Waals surface area contributed by atoms with E-state index >= 15 is 0 Å². The molecule has 5 nitrogen and oxygen atoms in total. The van der Waals surface area contributed by atoms with Crippen LogP contribution in [0.25, 0.3) is 22.4 Å². The molecule has 0 spiro atoms. The molecule has 1 atom stereocenters. The van der Waals surface area contributed by atoms with Gasteiger partial charge < -0.3 is 10.1 Å². The Hall–Kier alpha value is -2.79. The van der Waals surface area contributed by atoms with Crippen molar-refractivity contribution < 1.29 is 9.90 Å². The Morgan fingerprint density at radius 3 is 2.35 bits per heavy atom. The van der Waals surface area contributed by atoms with E-state index in [1.54, 1.807) is 6.20 Å². The number of carbonyl (C=O) groups is 1. The molecule has 2 aromatic carbocycles. The van der Waals surface area contributed by atoms with Gasteiger partial charge in [0, 0.05) is 11.6 Å². The highest BCUT2D eigenvalue weighted by Gasteiger charge is 2.31. The fourth-order valence-electron chi connectivity index (χ4n) is 3.42. The molecule has 0 unspecified atom stereocenters. The third-order valence-electron chi connectivity index (χ3n) is 4.78. The van der Waals surface area contributed by atoms with Crippen LogP contribution in [0.4, 0.5) is 4.79 Å². The third kappa shape index (κ3) is 3.18. The van der Waals surface area contributed by atoms with Crippen LogP contribution < -0.4 is 0 Å². The molecule has 0 aliphatic carbocycles. The number of hydrogen-bond donors (Lipinski definition) is 2. The van der Waals surface area contributed by atoms with Gasteiger partial charge in [-0.05, 0) is 41.7 Å². The van der Waals surface area contributed by atoms with E-state index in [-0.39, 0.29) is 6.04 Å². The van der Waals surface area contributed by atoms with Gasteiger partial charge in [-0.25, -0.2) is 9.78 Å². The van der Waals surface area contributed by atoms with Gasteiger partial charge in [0.15, 0.2) is 0 Å². The molecule has 6 heteroatoms. The number of likely N-dealkylation sites (tertiary alicyclic amines) is 1. The molecule has 1 aliphatic heterocycles. The Morgan fingerprint density at radius 1 is 1.08 bits per heavy atom. The minimum atomic E-state index is -0.891. The second-order valence-corrected chi connectivity index (χ2v) is 6.84. The van der Waals surface area contributed by atoms with Crippen LogP contribution in [-0.2, 0) is 0 Å². The number of aromatic nitrogens is 2. The summed E-state index contributed by atoms with van der Waals surface area (Å²) in [5.74, 6) is 0.710. The van der Waals surface area contributed by atoms with Crippen molar-refractivity contribution in [3.8, 4) is 22.4 Å². The molecule has 0 saturated carbocycles. The third-order valence-corrected chi connectivity index (χ3v) is 5.04. The van der Waals surface area contributed by atoms with Gasteiger partial charge in [0.25, 0.3) is 0 Å². The monoisotopic (exact) mass is 367 g/mol. The number of nitrogens with one attached hydrogen (secondary N) is 1. The molecule has 26 heavy (non-hydrogen) atoms. The van der Waals surface area contributed by atoms with Crippen LogP contribution >= 0.6 is 11.6 Å². The van der Waals surface area contributed by atoms with Gasteiger partial charge >= 0.3 is 6.09 Å². The second kappa shape index (κ2) is 6.84. The highest BCUT2D eigenvalue weighted by molar-refractivity contribution is 6.30. The fourth-order valence-corrected chi connectivity index (χ4v) is 3.54. The number of halogens is 1. The molecule has 0 radical (unpaired) electrons. The molecule has 1 aliphatic rings. The number of H-pyrrole nitrogens is 1. The van der Waals surface area contributed by atoms with E-state index in [1.807, 2.05) is 36.4 Å². The van der Waals surface area contributed by atoms with Gasteiger partial charge in [-0.1, -0.05) is 48.0 Å². The van der Waals surface area contributed by atoms with Gasteiger partial charge in [0.2, 0.25) is 0 Å². The van der Waals surface area contributed by atoms with Crippen LogP contribution in [0, 0.1) is 0 Å². The zero-order chi connectivity index (χ0) is 18.1. The Bertz CT molecular complexity index is 919. The van der Waals surface area contributed by atoms with Gasteiger partial charge in [0.05, 0.1) is 17.9 Å². The Kier molecular flexibility index (Phi) is 4.39. The van der Waals surface area contributed by atoms with Crippen LogP contribution in [0.3, 0.4) is 0 Å². The van der Waals surface area contributed by atoms with Crippen molar-refractivity contribution in [2.24, 2.45) is 0 Å². The fraction of sp³-hybridized carbons (Fsp3) is 0.200. The molecule has 0 bridgehead atoms. The molecule has 1 fully saturated rings. The number of rotatable bonds is 3. The van der Waals surface area contributed by atoms with Gasteiger partial charge in [-0.3, -0.25) is 4.90 Å². The van der Waals surface area contributed by atoms with Crippen molar-refractivity contribution in [1.82, 2.24) is 14.9 Å². The number of aromatic amines is 1. The van der Waals surface area contributed by atoms with Crippen LogP contribution in [0.5, 0.6) is 0 Å². The number of amides is 1. The lowest BCUT2D eigenvalue weighted by Crippen LogP contribution is -2.29. The largest absolute Gasteiger partial charge is 0.465 e. The summed E-state index contributed by atoms with van der Waals surface area (Å²) in [7, 11) is 0. The van der Waals surface area contributed by atoms with E-state index in [2.05, 4.69) is 22.1 Å². The topological polar surface area (TPSA) is 69.2 Å². The SMILES string of the molecule is O=C(O)N1CCC[C@H]1c1ncc(-c2ccc(-c3ccc(Cl)cc3)cc2)[nH]1. The predicted molar refractivity (Wildman–Crippen MR) is 101 cm³/mol. The summed E-state index contributed by atoms with van der Waals surface area (Å²) >= 11 is 5.94. The normalized spacial score (nSPS) is 16.8. The number of carboxylic acid groups (broad SMARTS) is 1. The highest BCUT2D eigenvalue weighted by Crippen LogP contribution is 2.32. The Labute approximate surface area is 156 Å². The molecular formula is C20H18ClN3O2. The summed E-state index contributed by atoms with van der Waals surface area (Å²) in [4.78, 5) is 20.5. The van der Waals surface area contributed by atoms with E-state index in [1.165, 1.54) is 4.90 Å². The van der Waals surface area contributed by atoms with Gasteiger partial charge in [-0.15, -0.1) is 0 Å². The standard InChI is InChI=1S/C20H18ClN3O2/c21-16-9-7-14(8-10-16)13-3-5-15(6-4-13)17-12-22-19(23-17)18-2-1-11-24(18)20(25)26/h3-10,12,18H,1-2,11H2,(H,22,23)(H,25,26)/t18-/m0/s1. The zero-order valence-electron chi connectivity index (χ0n) is 14.0. The Morgan fingerprint density at radius 2 is 1.69 bits per heavy atom. The number of benzene rings is 2. The smallest absolute Gasteiger partial charge is 0.407 e. The molecule has 132 valence electrons. The van der Waals surface area contributed by atoms with Crippen molar-refractivity contribution >= 4 is 17.7 Å². The summed E-state index contributed by atoms with van der Waals surface area (Å²) in [5, 5.41) is 10.0. The van der Waals surface area contributed by atoms with Crippen molar-refractivity contribution in [2.75, 3.05) is 6.54 Å².